The molecule has 1 unspecified atom stereocenters. The van der Waals surface area contributed by atoms with Crippen LogP contribution in [0, 0.1) is 0 Å². The maximum atomic E-state index is 13.1. The van der Waals surface area contributed by atoms with Gasteiger partial charge in [-0.2, -0.15) is 0 Å². The molecule has 1 atom stereocenters. The third-order valence-corrected chi connectivity index (χ3v) is 5.83. The van der Waals surface area contributed by atoms with Crippen molar-refractivity contribution in [1.29, 1.82) is 0 Å². The van der Waals surface area contributed by atoms with E-state index >= 15 is 0 Å². The van der Waals surface area contributed by atoms with Crippen molar-refractivity contribution in [2.75, 3.05) is 22.5 Å². The first-order valence-electron chi connectivity index (χ1n) is 10.6. The van der Waals surface area contributed by atoms with Gasteiger partial charge in [-0.3, -0.25) is 9.78 Å². The van der Waals surface area contributed by atoms with Crippen LogP contribution in [0.25, 0.3) is 10.8 Å². The minimum Gasteiger partial charge on any atom is -0.385 e. The van der Waals surface area contributed by atoms with Crippen molar-refractivity contribution < 1.29 is 4.79 Å². The second kappa shape index (κ2) is 8.11. The Balaban J connectivity index is 1.39. The van der Waals surface area contributed by atoms with Gasteiger partial charge < -0.3 is 16.0 Å². The number of rotatable bonds is 4. The number of amides is 1. The molecular weight excluding hydrogens is 384 g/mol. The molecule has 5 rings (SSSR count). The summed E-state index contributed by atoms with van der Waals surface area (Å²) in [5.41, 5.74) is 5.45. The fraction of sp³-hybridized carbons (Fsp3) is 0.154. The summed E-state index contributed by atoms with van der Waals surface area (Å²) < 4.78 is 0. The van der Waals surface area contributed by atoms with Crippen molar-refractivity contribution >= 4 is 39.4 Å². The Kier molecular flexibility index (Phi) is 5.00. The average Bonchev–Trinajstić information content (AvgIpc) is 2.79. The molecule has 1 aliphatic rings. The zero-order chi connectivity index (χ0) is 21.2. The van der Waals surface area contributed by atoms with E-state index in [0.29, 0.717) is 11.5 Å². The topological polar surface area (TPSA) is 66.0 Å². The van der Waals surface area contributed by atoms with Crippen LogP contribution in [0.15, 0.2) is 79.1 Å². The zero-order valence-electron chi connectivity index (χ0n) is 17.4. The molecule has 4 aromatic rings. The molecule has 1 amide bonds. The van der Waals surface area contributed by atoms with Crippen molar-refractivity contribution in [2.45, 2.75) is 19.3 Å². The van der Waals surface area contributed by atoms with Crippen LogP contribution in [0.1, 0.15) is 35.2 Å². The maximum absolute atomic E-state index is 13.1. The molecule has 0 saturated heterocycles. The molecule has 2 heterocycles. The van der Waals surface area contributed by atoms with E-state index < -0.39 is 0 Å². The number of nitrogens with zero attached hydrogens (tertiary/aromatic N) is 1. The largest absolute Gasteiger partial charge is 0.385 e. The summed E-state index contributed by atoms with van der Waals surface area (Å²) in [4.78, 5) is 17.3. The fourth-order valence-corrected chi connectivity index (χ4v) is 4.10. The van der Waals surface area contributed by atoms with Crippen molar-refractivity contribution in [2.24, 2.45) is 0 Å². The van der Waals surface area contributed by atoms with Gasteiger partial charge in [0.2, 0.25) is 0 Å². The molecule has 154 valence electrons. The Morgan fingerprint density at radius 2 is 1.87 bits per heavy atom. The summed E-state index contributed by atoms with van der Waals surface area (Å²) in [7, 11) is 0. The summed E-state index contributed by atoms with van der Waals surface area (Å²) in [5, 5.41) is 12.0. The van der Waals surface area contributed by atoms with E-state index in [-0.39, 0.29) is 5.91 Å². The van der Waals surface area contributed by atoms with Gasteiger partial charge in [0.05, 0.1) is 11.3 Å². The maximum Gasteiger partial charge on any atom is 0.257 e. The molecule has 0 saturated carbocycles. The molecule has 0 fully saturated rings. The molecule has 0 aliphatic carbocycles. The SMILES string of the molecule is CC1CCNc2cc(NC(=O)c3ccccc3Nc3ccc4ccncc4c3)ccc21. The van der Waals surface area contributed by atoms with Gasteiger partial charge in [-0.05, 0) is 65.8 Å². The quantitative estimate of drug-likeness (QED) is 0.379. The lowest BCUT2D eigenvalue weighted by Gasteiger charge is -2.24. The van der Waals surface area contributed by atoms with Crippen molar-refractivity contribution in [1.82, 2.24) is 4.98 Å². The lowest BCUT2D eigenvalue weighted by atomic mass is 9.92. The molecule has 3 aromatic carbocycles. The average molecular weight is 409 g/mol. The molecule has 5 nitrogen and oxygen atoms in total. The molecule has 5 heteroatoms. The Bertz CT molecular complexity index is 1270. The lowest BCUT2D eigenvalue weighted by Crippen LogP contribution is -2.17. The van der Waals surface area contributed by atoms with Crippen LogP contribution >= 0.6 is 0 Å². The van der Waals surface area contributed by atoms with Crippen LogP contribution in [0.4, 0.5) is 22.7 Å². The van der Waals surface area contributed by atoms with E-state index in [4.69, 9.17) is 0 Å². The normalized spacial score (nSPS) is 15.1. The van der Waals surface area contributed by atoms with E-state index in [1.165, 1.54) is 5.56 Å². The van der Waals surface area contributed by atoms with Gasteiger partial charge in [0.25, 0.3) is 5.91 Å². The smallest absolute Gasteiger partial charge is 0.257 e. The first-order valence-corrected chi connectivity index (χ1v) is 10.6. The molecule has 0 radical (unpaired) electrons. The highest BCUT2D eigenvalue weighted by Gasteiger charge is 2.17. The summed E-state index contributed by atoms with van der Waals surface area (Å²) in [6, 6.07) is 21.7. The van der Waals surface area contributed by atoms with E-state index in [1.54, 1.807) is 6.20 Å². The zero-order valence-corrected chi connectivity index (χ0v) is 17.4. The molecule has 0 bridgehead atoms. The van der Waals surface area contributed by atoms with Crippen molar-refractivity contribution in [3.8, 4) is 0 Å². The van der Waals surface area contributed by atoms with Crippen molar-refractivity contribution in [3.63, 3.8) is 0 Å². The Morgan fingerprint density at radius 3 is 2.81 bits per heavy atom. The molecule has 31 heavy (non-hydrogen) atoms. The monoisotopic (exact) mass is 408 g/mol. The number of nitrogens with one attached hydrogen (secondary N) is 3. The second-order valence-corrected chi connectivity index (χ2v) is 7.98. The number of fused-ring (bicyclic) bond motifs is 2. The number of anilines is 4. The number of benzene rings is 3. The summed E-state index contributed by atoms with van der Waals surface area (Å²) in [6.07, 6.45) is 4.75. The van der Waals surface area contributed by atoms with Crippen LogP contribution < -0.4 is 16.0 Å². The molecule has 3 N–H and O–H groups in total. The number of pyridine rings is 1. The van der Waals surface area contributed by atoms with Gasteiger partial charge in [0, 0.05) is 41.4 Å². The summed E-state index contributed by atoms with van der Waals surface area (Å²) in [5.74, 6) is 0.387. The van der Waals surface area contributed by atoms with Crippen LogP contribution in [0.2, 0.25) is 0 Å². The van der Waals surface area contributed by atoms with Gasteiger partial charge >= 0.3 is 0 Å². The number of aromatic nitrogens is 1. The highest BCUT2D eigenvalue weighted by molar-refractivity contribution is 6.08. The van der Waals surface area contributed by atoms with E-state index in [0.717, 1.165) is 46.5 Å². The Labute approximate surface area is 181 Å². The number of carbonyl (C=O) groups excluding carboxylic acids is 1. The number of carbonyl (C=O) groups is 1. The number of hydrogen-bond acceptors (Lipinski definition) is 4. The van der Waals surface area contributed by atoms with Crippen molar-refractivity contribution in [3.05, 3.63) is 90.3 Å². The molecular formula is C26H24N4O. The third-order valence-electron chi connectivity index (χ3n) is 5.83. The van der Waals surface area contributed by atoms with Gasteiger partial charge in [-0.15, -0.1) is 0 Å². The summed E-state index contributed by atoms with van der Waals surface area (Å²) in [6.45, 7) is 3.20. The van der Waals surface area contributed by atoms with E-state index in [2.05, 4.69) is 33.9 Å². The predicted octanol–water partition coefficient (Wildman–Crippen LogP) is 6.15. The van der Waals surface area contributed by atoms with E-state index in [1.807, 2.05) is 66.9 Å². The summed E-state index contributed by atoms with van der Waals surface area (Å²) >= 11 is 0. The Morgan fingerprint density at radius 1 is 1.00 bits per heavy atom. The molecule has 1 aliphatic heterocycles. The van der Waals surface area contributed by atoms with Gasteiger partial charge in [-0.1, -0.05) is 31.2 Å². The van der Waals surface area contributed by atoms with Crippen LogP contribution in [-0.2, 0) is 0 Å². The highest BCUT2D eigenvalue weighted by Crippen LogP contribution is 2.33. The standard InChI is InChI=1S/C26H24N4O/c1-17-10-13-28-25-15-21(8-9-22(17)25)30-26(31)23-4-2-3-5-24(23)29-20-7-6-18-11-12-27-16-19(18)14-20/h2-9,11-12,14-17,28-29H,10,13H2,1H3,(H,30,31). The minimum atomic E-state index is -0.144. The molecule has 1 aromatic heterocycles. The number of para-hydroxylation sites is 1. The number of hydrogen-bond donors (Lipinski definition) is 3. The second-order valence-electron chi connectivity index (χ2n) is 7.98. The third kappa shape index (κ3) is 3.94. The first-order chi connectivity index (χ1) is 15.2. The van der Waals surface area contributed by atoms with Gasteiger partial charge in [0.1, 0.15) is 0 Å². The minimum absolute atomic E-state index is 0.144. The van der Waals surface area contributed by atoms with Gasteiger partial charge in [-0.25, -0.2) is 0 Å². The Hall–Kier alpha value is -3.86. The lowest BCUT2D eigenvalue weighted by molar-refractivity contribution is 0.102. The first kappa shape index (κ1) is 19.1. The van der Waals surface area contributed by atoms with E-state index in [9.17, 15) is 4.79 Å². The van der Waals surface area contributed by atoms with Crippen LogP contribution in [0.3, 0.4) is 0 Å². The molecule has 0 spiro atoms. The van der Waals surface area contributed by atoms with Crippen LogP contribution in [0.5, 0.6) is 0 Å². The van der Waals surface area contributed by atoms with Crippen LogP contribution in [-0.4, -0.2) is 17.4 Å². The predicted molar refractivity (Wildman–Crippen MR) is 127 cm³/mol. The highest BCUT2D eigenvalue weighted by atomic mass is 16.1. The van der Waals surface area contributed by atoms with Gasteiger partial charge in [0.15, 0.2) is 0 Å². The fourth-order valence-electron chi connectivity index (χ4n) is 4.10.